The van der Waals surface area contributed by atoms with Crippen LogP contribution in [-0.2, 0) is 0 Å². The predicted molar refractivity (Wildman–Crippen MR) is 92.5 cm³/mol. The number of nitrogens with zero attached hydrogens (tertiary/aromatic N) is 4. The van der Waals surface area contributed by atoms with Gasteiger partial charge in [0.05, 0.1) is 11.3 Å². The predicted octanol–water partition coefficient (Wildman–Crippen LogP) is 3.57. The number of ether oxygens (including phenoxy) is 1. The molecular weight excluding hydrogens is 372 g/mol. The van der Waals surface area contributed by atoms with Crippen molar-refractivity contribution in [2.24, 2.45) is 0 Å². The highest BCUT2D eigenvalue weighted by molar-refractivity contribution is 9.10. The highest BCUT2D eigenvalue weighted by Crippen LogP contribution is 2.19. The van der Waals surface area contributed by atoms with Gasteiger partial charge in [0.2, 0.25) is 5.88 Å². The molecule has 0 aliphatic rings. The highest BCUT2D eigenvalue weighted by Gasteiger charge is 2.16. The van der Waals surface area contributed by atoms with E-state index in [4.69, 9.17) is 4.74 Å². The van der Waals surface area contributed by atoms with E-state index in [0.717, 1.165) is 15.9 Å². The van der Waals surface area contributed by atoms with Crippen molar-refractivity contribution in [1.82, 2.24) is 19.7 Å². The zero-order valence-corrected chi connectivity index (χ0v) is 15.0. The second-order valence-electron chi connectivity index (χ2n) is 5.38. The van der Waals surface area contributed by atoms with Crippen molar-refractivity contribution in [1.29, 1.82) is 0 Å². The maximum absolute atomic E-state index is 12.3. The molecule has 0 saturated carbocycles. The van der Waals surface area contributed by atoms with Crippen molar-refractivity contribution in [2.45, 2.75) is 20.8 Å². The molecule has 7 heteroatoms. The average molecular weight is 387 g/mol. The van der Waals surface area contributed by atoms with Crippen LogP contribution >= 0.6 is 15.9 Å². The summed E-state index contributed by atoms with van der Waals surface area (Å²) < 4.78 is 7.82. The van der Waals surface area contributed by atoms with Crippen LogP contribution in [0.4, 0.5) is 0 Å². The molecule has 3 rings (SSSR count). The van der Waals surface area contributed by atoms with E-state index in [1.165, 1.54) is 4.68 Å². The van der Waals surface area contributed by atoms with Gasteiger partial charge < -0.3 is 4.74 Å². The zero-order chi connectivity index (χ0) is 17.3. The van der Waals surface area contributed by atoms with Crippen molar-refractivity contribution in [3.63, 3.8) is 0 Å². The van der Waals surface area contributed by atoms with Gasteiger partial charge in [-0.2, -0.15) is 9.78 Å². The number of benzene rings is 1. The Morgan fingerprint density at radius 2 is 1.62 bits per heavy atom. The van der Waals surface area contributed by atoms with Gasteiger partial charge >= 0.3 is 5.97 Å². The third-order valence-electron chi connectivity index (χ3n) is 3.24. The van der Waals surface area contributed by atoms with E-state index in [0.29, 0.717) is 17.2 Å². The summed E-state index contributed by atoms with van der Waals surface area (Å²) in [5, 5.41) is 4.33. The molecule has 6 nitrogen and oxygen atoms in total. The van der Waals surface area contributed by atoms with E-state index < -0.39 is 5.97 Å². The van der Waals surface area contributed by atoms with Crippen LogP contribution in [-0.4, -0.2) is 25.7 Å². The molecule has 1 aromatic carbocycles. The third-order valence-corrected chi connectivity index (χ3v) is 3.76. The number of carbonyl (C=O) groups is 1. The number of halogens is 1. The molecule has 0 N–H and O–H groups in total. The second kappa shape index (κ2) is 6.52. The Labute approximate surface area is 147 Å². The summed E-state index contributed by atoms with van der Waals surface area (Å²) in [6.45, 7) is 5.57. The monoisotopic (exact) mass is 386 g/mol. The molecule has 2 aromatic heterocycles. The first kappa shape index (κ1) is 16.3. The quantitative estimate of drug-likeness (QED) is 0.643. The van der Waals surface area contributed by atoms with Gasteiger partial charge in [-0.3, -0.25) is 0 Å². The maximum atomic E-state index is 12.3. The molecule has 122 valence electrons. The van der Waals surface area contributed by atoms with Crippen LogP contribution in [0, 0.1) is 20.8 Å². The fourth-order valence-corrected chi connectivity index (χ4v) is 2.50. The fraction of sp³-hybridized carbons (Fsp3) is 0.176. The number of aromatic nitrogens is 4. The van der Waals surface area contributed by atoms with Crippen LogP contribution in [0.1, 0.15) is 27.4 Å². The second-order valence-corrected chi connectivity index (χ2v) is 6.30. The van der Waals surface area contributed by atoms with Crippen molar-refractivity contribution >= 4 is 21.9 Å². The van der Waals surface area contributed by atoms with Crippen LogP contribution in [0.25, 0.3) is 5.95 Å². The molecule has 0 aliphatic heterocycles. The Hall–Kier alpha value is -2.54. The van der Waals surface area contributed by atoms with Crippen LogP contribution in [0.3, 0.4) is 0 Å². The molecule has 0 saturated heterocycles. The highest BCUT2D eigenvalue weighted by atomic mass is 79.9. The van der Waals surface area contributed by atoms with E-state index in [1.807, 2.05) is 26.8 Å². The summed E-state index contributed by atoms with van der Waals surface area (Å²) in [4.78, 5) is 21.1. The lowest BCUT2D eigenvalue weighted by Gasteiger charge is -2.08. The van der Waals surface area contributed by atoms with Crippen molar-refractivity contribution < 1.29 is 9.53 Å². The van der Waals surface area contributed by atoms with Gasteiger partial charge in [0.25, 0.3) is 5.95 Å². The average Bonchev–Trinajstić information content (AvgIpc) is 2.87. The molecule has 0 unspecified atom stereocenters. The molecule has 0 bridgehead atoms. The van der Waals surface area contributed by atoms with E-state index in [2.05, 4.69) is 31.0 Å². The number of rotatable bonds is 3. The first-order valence-electron chi connectivity index (χ1n) is 7.29. The Kier molecular flexibility index (Phi) is 4.44. The summed E-state index contributed by atoms with van der Waals surface area (Å²) in [5.41, 5.74) is 2.79. The minimum atomic E-state index is -0.465. The SMILES string of the molecule is Cc1cc(C)nc(-n2nc(C)cc2OC(=O)c2ccc(Br)cc2)n1. The van der Waals surface area contributed by atoms with Crippen LogP contribution in [0.15, 0.2) is 40.9 Å². The molecule has 0 atom stereocenters. The van der Waals surface area contributed by atoms with Gasteiger partial charge in [-0.05, 0) is 51.1 Å². The van der Waals surface area contributed by atoms with E-state index in [-0.39, 0.29) is 5.88 Å². The summed E-state index contributed by atoms with van der Waals surface area (Å²) in [6.07, 6.45) is 0. The van der Waals surface area contributed by atoms with Gasteiger partial charge in [0, 0.05) is 21.9 Å². The Bertz CT molecular complexity index is 883. The number of esters is 1. The van der Waals surface area contributed by atoms with Gasteiger partial charge in [0.15, 0.2) is 0 Å². The standard InChI is InChI=1S/C17H15BrN4O2/c1-10-8-11(2)20-17(19-10)22-15(9-12(3)21-22)24-16(23)13-4-6-14(18)7-5-13/h4-9H,1-3H3. The zero-order valence-electron chi connectivity index (χ0n) is 13.4. The largest absolute Gasteiger partial charge is 0.404 e. The molecule has 0 aliphatic carbocycles. The normalized spacial score (nSPS) is 10.7. The first-order chi connectivity index (χ1) is 11.4. The van der Waals surface area contributed by atoms with Crippen LogP contribution in [0.2, 0.25) is 0 Å². The minimum Gasteiger partial charge on any atom is -0.404 e. The van der Waals surface area contributed by atoms with Crippen LogP contribution < -0.4 is 4.74 Å². The molecule has 2 heterocycles. The number of hydrogen-bond donors (Lipinski definition) is 0. The molecule has 0 fully saturated rings. The van der Waals surface area contributed by atoms with Gasteiger partial charge in [-0.15, -0.1) is 0 Å². The molecule has 3 aromatic rings. The van der Waals surface area contributed by atoms with Crippen molar-refractivity contribution in [2.75, 3.05) is 0 Å². The summed E-state index contributed by atoms with van der Waals surface area (Å²) in [6, 6.07) is 10.5. The number of aryl methyl sites for hydroxylation is 3. The lowest BCUT2D eigenvalue weighted by Crippen LogP contribution is -2.13. The minimum absolute atomic E-state index is 0.283. The molecule has 0 spiro atoms. The summed E-state index contributed by atoms with van der Waals surface area (Å²) >= 11 is 3.34. The molecular formula is C17H15BrN4O2. The molecule has 0 radical (unpaired) electrons. The summed E-state index contributed by atoms with van der Waals surface area (Å²) in [5.74, 6) is 0.192. The van der Waals surface area contributed by atoms with Gasteiger partial charge in [-0.1, -0.05) is 15.9 Å². The smallest absolute Gasteiger partial charge is 0.344 e. The molecule has 0 amide bonds. The Balaban J connectivity index is 1.94. The van der Waals surface area contributed by atoms with Crippen molar-refractivity contribution in [3.8, 4) is 11.8 Å². The maximum Gasteiger partial charge on any atom is 0.344 e. The topological polar surface area (TPSA) is 69.9 Å². The summed E-state index contributed by atoms with van der Waals surface area (Å²) in [7, 11) is 0. The number of hydrogen-bond acceptors (Lipinski definition) is 5. The lowest BCUT2D eigenvalue weighted by molar-refractivity contribution is 0.0722. The number of carbonyl (C=O) groups excluding carboxylic acids is 1. The van der Waals surface area contributed by atoms with Crippen LogP contribution in [0.5, 0.6) is 5.88 Å². The van der Waals surface area contributed by atoms with Crippen molar-refractivity contribution in [3.05, 3.63) is 63.5 Å². The van der Waals surface area contributed by atoms with E-state index in [9.17, 15) is 4.79 Å². The fourth-order valence-electron chi connectivity index (χ4n) is 2.23. The molecule has 24 heavy (non-hydrogen) atoms. The lowest BCUT2D eigenvalue weighted by atomic mass is 10.2. The van der Waals surface area contributed by atoms with E-state index >= 15 is 0 Å². The van der Waals surface area contributed by atoms with Gasteiger partial charge in [0.1, 0.15) is 0 Å². The third kappa shape index (κ3) is 3.51. The first-order valence-corrected chi connectivity index (χ1v) is 8.09. The Morgan fingerprint density at radius 1 is 1.00 bits per heavy atom. The van der Waals surface area contributed by atoms with Gasteiger partial charge in [-0.25, -0.2) is 14.8 Å². The van der Waals surface area contributed by atoms with E-state index in [1.54, 1.807) is 30.3 Å². The Morgan fingerprint density at radius 3 is 2.25 bits per heavy atom.